The van der Waals surface area contributed by atoms with Crippen molar-refractivity contribution in [2.24, 2.45) is 0 Å². The van der Waals surface area contributed by atoms with Gasteiger partial charge in [-0.15, -0.1) is 0 Å². The molecule has 0 radical (unpaired) electrons. The lowest BCUT2D eigenvalue weighted by Gasteiger charge is -2.12. The van der Waals surface area contributed by atoms with Crippen molar-refractivity contribution in [3.05, 3.63) is 58.1 Å². The Morgan fingerprint density at radius 1 is 1.05 bits per heavy atom. The Balaban J connectivity index is 2.04. The van der Waals surface area contributed by atoms with E-state index in [4.69, 9.17) is 35.4 Å². The van der Waals surface area contributed by atoms with Crippen LogP contribution in [0.15, 0.2) is 42.5 Å². The molecule has 0 atom stereocenters. The third-order valence-electron chi connectivity index (χ3n) is 2.73. The van der Waals surface area contributed by atoms with E-state index in [1.54, 1.807) is 42.5 Å². The largest absolute Gasteiger partial charge is 0.332 e. The first-order valence-corrected chi connectivity index (χ1v) is 7.26. The molecule has 0 aliphatic heterocycles. The Kier molecular flexibility index (Phi) is 5.17. The first-order valence-electron chi connectivity index (χ1n) is 6.10. The minimum absolute atomic E-state index is 0.0213. The van der Waals surface area contributed by atoms with Crippen LogP contribution in [-0.4, -0.2) is 10.9 Å². The molecule has 0 spiro atoms. The molecule has 108 valence electrons. The number of nitrogens with one attached hydrogen (secondary N) is 2. The molecule has 3 nitrogen and oxygen atoms in total. The van der Waals surface area contributed by atoms with Gasteiger partial charge < -0.3 is 10.6 Å². The highest BCUT2D eigenvalue weighted by molar-refractivity contribution is 7.80. The van der Waals surface area contributed by atoms with Crippen molar-refractivity contribution in [3.8, 4) is 0 Å². The molecule has 0 fully saturated rings. The van der Waals surface area contributed by atoms with Crippen molar-refractivity contribution in [2.45, 2.75) is 6.92 Å². The summed E-state index contributed by atoms with van der Waals surface area (Å²) >= 11 is 17.2. The summed E-state index contributed by atoms with van der Waals surface area (Å²) < 4.78 is 0. The van der Waals surface area contributed by atoms with Crippen molar-refractivity contribution < 1.29 is 4.79 Å². The van der Waals surface area contributed by atoms with Crippen molar-refractivity contribution in [1.29, 1.82) is 0 Å². The summed E-state index contributed by atoms with van der Waals surface area (Å²) in [7, 11) is 0. The molecule has 0 unspecified atom stereocenters. The van der Waals surface area contributed by atoms with E-state index in [-0.39, 0.29) is 5.78 Å². The van der Waals surface area contributed by atoms with Crippen LogP contribution in [0.3, 0.4) is 0 Å². The minimum atomic E-state index is 0.0213. The number of ketones is 1. The summed E-state index contributed by atoms with van der Waals surface area (Å²) in [4.78, 5) is 11.2. The number of hydrogen-bond donors (Lipinski definition) is 2. The highest BCUT2D eigenvalue weighted by Gasteiger charge is 2.05. The smallest absolute Gasteiger partial charge is 0.175 e. The van der Waals surface area contributed by atoms with Gasteiger partial charge >= 0.3 is 0 Å². The fraction of sp³-hybridized carbons (Fsp3) is 0.0667. The number of benzene rings is 2. The van der Waals surface area contributed by atoms with Gasteiger partial charge in [0.25, 0.3) is 0 Å². The van der Waals surface area contributed by atoms with E-state index >= 15 is 0 Å². The molecule has 0 saturated heterocycles. The topological polar surface area (TPSA) is 41.1 Å². The van der Waals surface area contributed by atoms with Crippen LogP contribution in [-0.2, 0) is 0 Å². The normalized spacial score (nSPS) is 10.0. The van der Waals surface area contributed by atoms with Gasteiger partial charge in [-0.05, 0) is 61.6 Å². The van der Waals surface area contributed by atoms with E-state index in [9.17, 15) is 4.79 Å². The first kappa shape index (κ1) is 15.8. The van der Waals surface area contributed by atoms with Crippen LogP contribution in [0.2, 0.25) is 10.0 Å². The predicted molar refractivity (Wildman–Crippen MR) is 92.8 cm³/mol. The van der Waals surface area contributed by atoms with Crippen LogP contribution in [0.1, 0.15) is 17.3 Å². The zero-order valence-corrected chi connectivity index (χ0v) is 13.4. The number of hydrogen-bond acceptors (Lipinski definition) is 2. The standard InChI is InChI=1S/C15H12Cl2N2OS/c1-9(20)10-2-5-12(6-3-10)18-15(21)19-14-8-11(16)4-7-13(14)17/h2-8H,1H3,(H2,18,19,21). The molecule has 0 amide bonds. The van der Waals surface area contributed by atoms with Gasteiger partial charge in [0.2, 0.25) is 0 Å². The predicted octanol–water partition coefficient (Wildman–Crippen LogP) is 5.00. The third-order valence-corrected chi connectivity index (χ3v) is 3.49. The fourth-order valence-corrected chi connectivity index (χ4v) is 2.23. The molecule has 2 aromatic carbocycles. The third kappa shape index (κ3) is 4.43. The molecule has 0 bridgehead atoms. The molecule has 0 aromatic heterocycles. The summed E-state index contributed by atoms with van der Waals surface area (Å²) in [5.41, 5.74) is 2.05. The lowest BCUT2D eigenvalue weighted by atomic mass is 10.1. The van der Waals surface area contributed by atoms with Crippen LogP contribution >= 0.6 is 35.4 Å². The molecule has 0 aliphatic rings. The van der Waals surface area contributed by atoms with Gasteiger partial charge in [-0.1, -0.05) is 23.2 Å². The molecule has 2 aromatic rings. The first-order chi connectivity index (χ1) is 9.95. The number of carbonyl (C=O) groups excluding carboxylic acids is 1. The maximum atomic E-state index is 11.2. The van der Waals surface area contributed by atoms with Crippen LogP contribution in [0.4, 0.5) is 11.4 Å². The number of Topliss-reactive ketones (excluding diaryl/α,β-unsaturated/α-hetero) is 1. The van der Waals surface area contributed by atoms with Crippen molar-refractivity contribution in [3.63, 3.8) is 0 Å². The molecule has 21 heavy (non-hydrogen) atoms. The highest BCUT2D eigenvalue weighted by atomic mass is 35.5. The van der Waals surface area contributed by atoms with E-state index in [2.05, 4.69) is 10.6 Å². The second-order valence-electron chi connectivity index (χ2n) is 4.34. The van der Waals surface area contributed by atoms with Crippen molar-refractivity contribution in [1.82, 2.24) is 0 Å². The molecule has 0 heterocycles. The SMILES string of the molecule is CC(=O)c1ccc(NC(=S)Nc2cc(Cl)ccc2Cl)cc1. The molecule has 0 saturated carbocycles. The van der Waals surface area contributed by atoms with E-state index in [1.165, 1.54) is 6.92 Å². The molecule has 2 rings (SSSR count). The lowest BCUT2D eigenvalue weighted by molar-refractivity contribution is 0.101. The van der Waals surface area contributed by atoms with Crippen LogP contribution in [0, 0.1) is 0 Å². The average Bonchev–Trinajstić information content (AvgIpc) is 2.43. The minimum Gasteiger partial charge on any atom is -0.332 e. The van der Waals surface area contributed by atoms with E-state index in [0.717, 1.165) is 5.69 Å². The Morgan fingerprint density at radius 3 is 2.33 bits per heavy atom. The van der Waals surface area contributed by atoms with Crippen LogP contribution in [0.25, 0.3) is 0 Å². The highest BCUT2D eigenvalue weighted by Crippen LogP contribution is 2.25. The maximum Gasteiger partial charge on any atom is 0.175 e. The lowest BCUT2D eigenvalue weighted by Crippen LogP contribution is -2.19. The number of halogens is 2. The monoisotopic (exact) mass is 338 g/mol. The number of anilines is 2. The number of thiocarbonyl (C=S) groups is 1. The van der Waals surface area contributed by atoms with Crippen LogP contribution < -0.4 is 10.6 Å². The quantitative estimate of drug-likeness (QED) is 0.610. The van der Waals surface area contributed by atoms with Gasteiger partial charge in [0, 0.05) is 16.3 Å². The number of carbonyl (C=O) groups is 1. The second-order valence-corrected chi connectivity index (χ2v) is 5.59. The van der Waals surface area contributed by atoms with Gasteiger partial charge in [0.1, 0.15) is 0 Å². The molecule has 2 N–H and O–H groups in total. The maximum absolute atomic E-state index is 11.2. The Hall–Kier alpha value is -1.62. The fourth-order valence-electron chi connectivity index (χ4n) is 1.67. The zero-order valence-electron chi connectivity index (χ0n) is 11.1. The summed E-state index contributed by atoms with van der Waals surface area (Å²) in [6.07, 6.45) is 0. The Bertz CT molecular complexity index is 687. The zero-order chi connectivity index (χ0) is 15.4. The van der Waals surface area contributed by atoms with E-state index in [1.807, 2.05) is 0 Å². The summed E-state index contributed by atoms with van der Waals surface area (Å²) in [5, 5.41) is 7.46. The summed E-state index contributed by atoms with van der Waals surface area (Å²) in [6, 6.07) is 12.1. The van der Waals surface area contributed by atoms with Crippen LogP contribution in [0.5, 0.6) is 0 Å². The van der Waals surface area contributed by atoms with Crippen molar-refractivity contribution in [2.75, 3.05) is 10.6 Å². The molecule has 6 heteroatoms. The van der Waals surface area contributed by atoms with Gasteiger partial charge in [-0.2, -0.15) is 0 Å². The van der Waals surface area contributed by atoms with Gasteiger partial charge in [-0.3, -0.25) is 4.79 Å². The molecule has 0 aliphatic carbocycles. The summed E-state index contributed by atoms with van der Waals surface area (Å²) in [6.45, 7) is 1.52. The van der Waals surface area contributed by atoms with E-state index in [0.29, 0.717) is 26.4 Å². The summed E-state index contributed by atoms with van der Waals surface area (Å²) in [5.74, 6) is 0.0213. The molecular weight excluding hydrogens is 327 g/mol. The second kappa shape index (κ2) is 6.89. The average molecular weight is 339 g/mol. The molecular formula is C15H12Cl2N2OS. The van der Waals surface area contributed by atoms with Gasteiger partial charge in [0.05, 0.1) is 10.7 Å². The number of rotatable bonds is 3. The van der Waals surface area contributed by atoms with Gasteiger partial charge in [0.15, 0.2) is 10.9 Å². The Morgan fingerprint density at radius 2 is 1.71 bits per heavy atom. The van der Waals surface area contributed by atoms with Crippen molar-refractivity contribution >= 4 is 57.7 Å². The van der Waals surface area contributed by atoms with Gasteiger partial charge in [-0.25, -0.2) is 0 Å². The Labute approximate surface area is 138 Å². The van der Waals surface area contributed by atoms with E-state index < -0.39 is 0 Å².